The average molecular weight is 368 g/mol. The Labute approximate surface area is 148 Å². The van der Waals surface area contributed by atoms with E-state index in [0.29, 0.717) is 17.3 Å². The van der Waals surface area contributed by atoms with Crippen molar-refractivity contribution in [2.24, 2.45) is 0 Å². The number of ether oxygens (including phenoxy) is 2. The summed E-state index contributed by atoms with van der Waals surface area (Å²) in [6.07, 6.45) is 1.64. The minimum atomic E-state index is -3.01. The molecule has 0 unspecified atom stereocenters. The number of amides is 1. The van der Waals surface area contributed by atoms with Crippen molar-refractivity contribution in [3.05, 3.63) is 52.5 Å². The highest BCUT2D eigenvalue weighted by Gasteiger charge is 2.26. The molecule has 2 aromatic carbocycles. The van der Waals surface area contributed by atoms with Crippen LogP contribution in [0.2, 0.25) is 5.02 Å². The molecule has 1 aliphatic heterocycles. The number of anilines is 1. The third-order valence-electron chi connectivity index (χ3n) is 4.04. The van der Waals surface area contributed by atoms with Crippen molar-refractivity contribution >= 4 is 23.2 Å². The van der Waals surface area contributed by atoms with E-state index in [2.05, 4.69) is 4.74 Å². The number of aryl methyl sites for hydroxylation is 1. The number of hydrogen-bond acceptors (Lipinski definition) is 3. The quantitative estimate of drug-likeness (QED) is 0.796. The lowest BCUT2D eigenvalue weighted by Crippen LogP contribution is -2.35. The standard InChI is InChI=1S/C18H16ClF2NO3/c1-24-14-8-7-12(10-15(14)25-18(20)21)17(23)22-9-3-5-11-4-2-6-13(19)16(11)22/h2,4,6-8,10,18H,3,5,9H2,1H3. The minimum absolute atomic E-state index is 0.133. The number of rotatable bonds is 4. The van der Waals surface area contributed by atoms with E-state index < -0.39 is 6.61 Å². The third kappa shape index (κ3) is 3.54. The van der Waals surface area contributed by atoms with Crippen molar-refractivity contribution in [2.45, 2.75) is 19.5 Å². The van der Waals surface area contributed by atoms with Crippen molar-refractivity contribution in [2.75, 3.05) is 18.6 Å². The van der Waals surface area contributed by atoms with Gasteiger partial charge in [0.05, 0.1) is 17.8 Å². The second kappa shape index (κ2) is 7.27. The molecule has 0 aromatic heterocycles. The van der Waals surface area contributed by atoms with E-state index in [1.807, 2.05) is 12.1 Å². The smallest absolute Gasteiger partial charge is 0.387 e. The minimum Gasteiger partial charge on any atom is -0.493 e. The summed E-state index contributed by atoms with van der Waals surface area (Å²) in [7, 11) is 1.34. The van der Waals surface area contributed by atoms with E-state index in [9.17, 15) is 13.6 Å². The lowest BCUT2D eigenvalue weighted by molar-refractivity contribution is -0.0512. The third-order valence-corrected chi connectivity index (χ3v) is 4.34. The number of nitrogens with zero attached hydrogens (tertiary/aromatic N) is 1. The van der Waals surface area contributed by atoms with Crippen molar-refractivity contribution in [1.29, 1.82) is 0 Å². The summed E-state index contributed by atoms with van der Waals surface area (Å²) in [5.74, 6) is -0.371. The molecule has 1 heterocycles. The molecule has 1 amide bonds. The van der Waals surface area contributed by atoms with E-state index in [1.165, 1.54) is 25.3 Å². The van der Waals surface area contributed by atoms with Crippen LogP contribution in [0.4, 0.5) is 14.5 Å². The first kappa shape index (κ1) is 17.5. The van der Waals surface area contributed by atoms with Crippen LogP contribution in [0.3, 0.4) is 0 Å². The van der Waals surface area contributed by atoms with E-state index in [1.54, 1.807) is 11.0 Å². The first-order valence-electron chi connectivity index (χ1n) is 7.73. The zero-order chi connectivity index (χ0) is 18.0. The number of methoxy groups -OCH3 is 1. The van der Waals surface area contributed by atoms with Crippen molar-refractivity contribution in [3.63, 3.8) is 0 Å². The molecule has 0 saturated carbocycles. The Bertz CT molecular complexity index is 798. The zero-order valence-electron chi connectivity index (χ0n) is 13.5. The van der Waals surface area contributed by atoms with Gasteiger partial charge in [-0.15, -0.1) is 0 Å². The Morgan fingerprint density at radius 3 is 2.76 bits per heavy atom. The van der Waals surface area contributed by atoms with Gasteiger partial charge in [0, 0.05) is 12.1 Å². The Balaban J connectivity index is 1.97. The van der Waals surface area contributed by atoms with Crippen LogP contribution in [0.5, 0.6) is 11.5 Å². The first-order chi connectivity index (χ1) is 12.0. The second-order valence-electron chi connectivity index (χ2n) is 5.55. The highest BCUT2D eigenvalue weighted by atomic mass is 35.5. The highest BCUT2D eigenvalue weighted by molar-refractivity contribution is 6.34. The van der Waals surface area contributed by atoms with Gasteiger partial charge >= 0.3 is 6.61 Å². The van der Waals surface area contributed by atoms with Crippen LogP contribution in [0.25, 0.3) is 0 Å². The fourth-order valence-corrected chi connectivity index (χ4v) is 3.26. The Hall–Kier alpha value is -2.34. The van der Waals surface area contributed by atoms with Gasteiger partial charge in [0.1, 0.15) is 0 Å². The van der Waals surface area contributed by atoms with Crippen LogP contribution in [0.15, 0.2) is 36.4 Å². The molecule has 0 radical (unpaired) electrons. The molecule has 7 heteroatoms. The maximum Gasteiger partial charge on any atom is 0.387 e. The molecule has 0 atom stereocenters. The molecular formula is C18H16ClF2NO3. The number of benzene rings is 2. The van der Waals surface area contributed by atoms with Gasteiger partial charge in [-0.2, -0.15) is 8.78 Å². The van der Waals surface area contributed by atoms with Crippen LogP contribution >= 0.6 is 11.6 Å². The molecule has 132 valence electrons. The Kier molecular flexibility index (Phi) is 5.08. The largest absolute Gasteiger partial charge is 0.493 e. The fourth-order valence-electron chi connectivity index (χ4n) is 2.96. The number of halogens is 3. The number of alkyl halides is 2. The van der Waals surface area contributed by atoms with Crippen LogP contribution < -0.4 is 14.4 Å². The summed E-state index contributed by atoms with van der Waals surface area (Å²) >= 11 is 6.28. The molecule has 3 rings (SSSR count). The SMILES string of the molecule is COc1ccc(C(=O)N2CCCc3cccc(Cl)c32)cc1OC(F)F. The van der Waals surface area contributed by atoms with Crippen molar-refractivity contribution < 1.29 is 23.0 Å². The lowest BCUT2D eigenvalue weighted by atomic mass is 10.0. The summed E-state index contributed by atoms with van der Waals surface area (Å²) in [5.41, 5.74) is 1.89. The first-order valence-corrected chi connectivity index (χ1v) is 8.11. The summed E-state index contributed by atoms with van der Waals surface area (Å²) in [6.45, 7) is -2.50. The average Bonchev–Trinajstić information content (AvgIpc) is 2.60. The normalized spacial score (nSPS) is 13.6. The summed E-state index contributed by atoms with van der Waals surface area (Å²) in [6, 6.07) is 9.72. The van der Waals surface area contributed by atoms with Crippen LogP contribution in [0.1, 0.15) is 22.3 Å². The molecule has 2 aromatic rings. The maximum absolute atomic E-state index is 12.9. The molecule has 0 aliphatic carbocycles. The topological polar surface area (TPSA) is 38.8 Å². The predicted octanol–water partition coefficient (Wildman–Crippen LogP) is 4.54. The van der Waals surface area contributed by atoms with E-state index >= 15 is 0 Å². The van der Waals surface area contributed by atoms with Crippen molar-refractivity contribution in [1.82, 2.24) is 0 Å². The van der Waals surface area contributed by atoms with Crippen molar-refractivity contribution in [3.8, 4) is 11.5 Å². The number of carbonyl (C=O) groups excluding carboxylic acids is 1. The molecule has 0 saturated heterocycles. The van der Waals surface area contributed by atoms with Gasteiger partial charge in [-0.05, 0) is 42.7 Å². The summed E-state index contributed by atoms with van der Waals surface area (Å²) in [4.78, 5) is 14.5. The Morgan fingerprint density at radius 1 is 1.24 bits per heavy atom. The highest BCUT2D eigenvalue weighted by Crippen LogP contribution is 2.36. The number of hydrogen-bond donors (Lipinski definition) is 0. The van der Waals surface area contributed by atoms with Gasteiger partial charge in [-0.25, -0.2) is 0 Å². The monoisotopic (exact) mass is 367 g/mol. The predicted molar refractivity (Wildman–Crippen MR) is 91.1 cm³/mol. The van der Waals surface area contributed by atoms with Gasteiger partial charge in [0.15, 0.2) is 11.5 Å². The van der Waals surface area contributed by atoms with Gasteiger partial charge in [-0.3, -0.25) is 4.79 Å². The molecule has 1 aliphatic rings. The molecule has 25 heavy (non-hydrogen) atoms. The lowest BCUT2D eigenvalue weighted by Gasteiger charge is -2.30. The van der Waals surface area contributed by atoms with Gasteiger partial charge in [0.2, 0.25) is 0 Å². The molecule has 0 spiro atoms. The molecule has 0 bridgehead atoms. The van der Waals surface area contributed by atoms with Crippen LogP contribution in [-0.2, 0) is 6.42 Å². The Morgan fingerprint density at radius 2 is 2.04 bits per heavy atom. The molecule has 0 fully saturated rings. The van der Waals surface area contributed by atoms with E-state index in [0.717, 1.165) is 18.4 Å². The zero-order valence-corrected chi connectivity index (χ0v) is 14.2. The summed E-state index contributed by atoms with van der Waals surface area (Å²) in [5, 5.41) is 0.489. The number of para-hydroxylation sites is 1. The number of fused-ring (bicyclic) bond motifs is 1. The van der Waals surface area contributed by atoms with Gasteiger partial charge in [-0.1, -0.05) is 23.7 Å². The van der Waals surface area contributed by atoms with Crippen LogP contribution in [-0.4, -0.2) is 26.2 Å². The molecule has 0 N–H and O–H groups in total. The van der Waals surface area contributed by atoms with Gasteiger partial charge in [0.25, 0.3) is 5.91 Å². The van der Waals surface area contributed by atoms with E-state index in [4.69, 9.17) is 16.3 Å². The summed E-state index contributed by atoms with van der Waals surface area (Å²) < 4.78 is 34.6. The second-order valence-corrected chi connectivity index (χ2v) is 5.96. The molecular weight excluding hydrogens is 352 g/mol. The van der Waals surface area contributed by atoms with Gasteiger partial charge < -0.3 is 14.4 Å². The maximum atomic E-state index is 12.9. The van der Waals surface area contributed by atoms with E-state index in [-0.39, 0.29) is 23.0 Å². The fraction of sp³-hybridized carbons (Fsp3) is 0.278. The number of carbonyl (C=O) groups is 1. The molecule has 4 nitrogen and oxygen atoms in total. The van der Waals surface area contributed by atoms with Crippen LogP contribution in [0, 0.1) is 0 Å².